The molecule has 0 fully saturated rings. The Kier molecular flexibility index (Phi) is 2.95. The molecule has 1 unspecified atom stereocenters. The number of hydrogen-bond donors (Lipinski definition) is 1. The Morgan fingerprint density at radius 3 is 2.89 bits per heavy atom. The van der Waals surface area contributed by atoms with Crippen LogP contribution in [-0.4, -0.2) is 16.7 Å². The van der Waals surface area contributed by atoms with E-state index >= 15 is 0 Å². The molecule has 0 saturated carbocycles. The topological polar surface area (TPSA) is 42.4 Å². The number of halogens is 1. The lowest BCUT2D eigenvalue weighted by Gasteiger charge is -2.13. The van der Waals surface area contributed by atoms with E-state index in [1.54, 1.807) is 6.07 Å². The summed E-state index contributed by atoms with van der Waals surface area (Å²) in [5.41, 5.74) is 2.39. The van der Waals surface area contributed by atoms with Gasteiger partial charge in [0, 0.05) is 23.6 Å². The number of aryl methyl sites for hydroxylation is 1. The van der Waals surface area contributed by atoms with Crippen LogP contribution in [-0.2, 0) is 6.42 Å². The van der Waals surface area contributed by atoms with E-state index in [4.69, 9.17) is 4.74 Å². The van der Waals surface area contributed by atoms with Gasteiger partial charge in [-0.25, -0.2) is 4.39 Å². The van der Waals surface area contributed by atoms with E-state index in [9.17, 15) is 9.50 Å². The van der Waals surface area contributed by atoms with Gasteiger partial charge in [-0.1, -0.05) is 0 Å². The molecule has 1 aromatic heterocycles. The Hall–Kier alpha value is -1.94. The second-order valence-corrected chi connectivity index (χ2v) is 4.77. The summed E-state index contributed by atoms with van der Waals surface area (Å²) in [5, 5.41) is 9.54. The highest BCUT2D eigenvalue weighted by atomic mass is 19.1. The van der Waals surface area contributed by atoms with Crippen LogP contribution in [0.4, 0.5) is 4.39 Å². The minimum atomic E-state index is -0.323. The monoisotopic (exact) mass is 259 g/mol. The van der Waals surface area contributed by atoms with E-state index in [1.165, 1.54) is 12.1 Å². The van der Waals surface area contributed by atoms with Gasteiger partial charge in [-0.15, -0.1) is 0 Å². The van der Waals surface area contributed by atoms with E-state index in [1.807, 2.05) is 19.1 Å². The van der Waals surface area contributed by atoms with Crippen LogP contribution in [0.25, 0.3) is 0 Å². The Morgan fingerprint density at radius 2 is 2.11 bits per heavy atom. The average Bonchev–Trinajstić information content (AvgIpc) is 2.54. The quantitative estimate of drug-likeness (QED) is 0.856. The maximum atomic E-state index is 13.4. The number of hydrogen-bond acceptors (Lipinski definition) is 3. The van der Waals surface area contributed by atoms with Crippen molar-refractivity contribution in [1.29, 1.82) is 0 Å². The lowest BCUT2D eigenvalue weighted by Crippen LogP contribution is -2.08. The molecule has 3 nitrogen and oxygen atoms in total. The molecule has 0 amide bonds. The first-order chi connectivity index (χ1) is 9.17. The molecule has 19 heavy (non-hydrogen) atoms. The molecule has 2 heterocycles. The van der Waals surface area contributed by atoms with Crippen molar-refractivity contribution < 1.29 is 14.2 Å². The molecule has 1 aromatic carbocycles. The standard InChI is InChI=1S/C15H14FNO2/c1-9-2-4-15-13(17-9)6-10(8-18)12-7-11(16)3-5-14(12)19-15/h2-5,7,10,18H,6,8H2,1H3. The van der Waals surface area contributed by atoms with Gasteiger partial charge in [0.15, 0.2) is 0 Å². The second-order valence-electron chi connectivity index (χ2n) is 4.77. The highest BCUT2D eigenvalue weighted by molar-refractivity contribution is 5.45. The van der Waals surface area contributed by atoms with Gasteiger partial charge in [0.25, 0.3) is 0 Å². The molecule has 3 rings (SSSR count). The first-order valence-corrected chi connectivity index (χ1v) is 6.22. The van der Waals surface area contributed by atoms with Crippen molar-refractivity contribution >= 4 is 0 Å². The maximum Gasteiger partial charge on any atom is 0.148 e. The normalized spacial score (nSPS) is 17.1. The number of rotatable bonds is 1. The van der Waals surface area contributed by atoms with Crippen LogP contribution in [0.3, 0.4) is 0 Å². The number of benzene rings is 1. The molecule has 1 atom stereocenters. The lowest BCUT2D eigenvalue weighted by atomic mass is 9.94. The maximum absolute atomic E-state index is 13.4. The summed E-state index contributed by atoms with van der Waals surface area (Å²) in [6.07, 6.45) is 0.546. The highest BCUT2D eigenvalue weighted by Crippen LogP contribution is 2.38. The molecule has 0 aliphatic carbocycles. The minimum Gasteiger partial charge on any atom is -0.455 e. The highest BCUT2D eigenvalue weighted by Gasteiger charge is 2.24. The summed E-state index contributed by atoms with van der Waals surface area (Å²) in [6.45, 7) is 1.85. The van der Waals surface area contributed by atoms with Gasteiger partial charge in [-0.05, 0) is 37.3 Å². The Labute approximate surface area is 110 Å². The molecule has 1 aliphatic heterocycles. The summed E-state index contributed by atoms with van der Waals surface area (Å²) in [4.78, 5) is 4.45. The molecular formula is C15H14FNO2. The van der Waals surface area contributed by atoms with Gasteiger partial charge in [-0.2, -0.15) is 0 Å². The SMILES string of the molecule is Cc1ccc2c(n1)CC(CO)c1cc(F)ccc1O2. The van der Waals surface area contributed by atoms with E-state index in [2.05, 4.69) is 4.98 Å². The van der Waals surface area contributed by atoms with Gasteiger partial charge in [0.05, 0.1) is 12.3 Å². The third kappa shape index (κ3) is 2.19. The summed E-state index contributed by atoms with van der Waals surface area (Å²) in [6, 6.07) is 8.13. The number of ether oxygens (including phenoxy) is 1. The Balaban J connectivity index is 2.13. The molecule has 0 spiro atoms. The summed E-state index contributed by atoms with van der Waals surface area (Å²) < 4.78 is 19.2. The molecule has 4 heteroatoms. The number of pyridine rings is 1. The van der Waals surface area contributed by atoms with Crippen molar-refractivity contribution in [1.82, 2.24) is 4.98 Å². The fraction of sp³-hybridized carbons (Fsp3) is 0.267. The average molecular weight is 259 g/mol. The number of nitrogens with zero attached hydrogens (tertiary/aromatic N) is 1. The lowest BCUT2D eigenvalue weighted by molar-refractivity contribution is 0.263. The van der Waals surface area contributed by atoms with Crippen LogP contribution >= 0.6 is 0 Å². The van der Waals surface area contributed by atoms with Crippen LogP contribution in [0.15, 0.2) is 30.3 Å². The van der Waals surface area contributed by atoms with E-state index in [-0.39, 0.29) is 18.3 Å². The second kappa shape index (κ2) is 4.63. The van der Waals surface area contributed by atoms with Crippen molar-refractivity contribution in [3.63, 3.8) is 0 Å². The molecule has 2 aromatic rings. The smallest absolute Gasteiger partial charge is 0.148 e. The zero-order chi connectivity index (χ0) is 13.4. The van der Waals surface area contributed by atoms with Crippen molar-refractivity contribution in [2.45, 2.75) is 19.3 Å². The van der Waals surface area contributed by atoms with Crippen molar-refractivity contribution in [2.75, 3.05) is 6.61 Å². The van der Waals surface area contributed by atoms with Crippen molar-refractivity contribution in [3.8, 4) is 11.5 Å². The summed E-state index contributed by atoms with van der Waals surface area (Å²) in [5.74, 6) is 0.747. The third-order valence-corrected chi connectivity index (χ3v) is 3.36. The fourth-order valence-corrected chi connectivity index (χ4v) is 2.39. The Morgan fingerprint density at radius 1 is 1.32 bits per heavy atom. The molecule has 1 aliphatic rings. The molecule has 1 N–H and O–H groups in total. The largest absolute Gasteiger partial charge is 0.455 e. The fourth-order valence-electron chi connectivity index (χ4n) is 2.39. The van der Waals surface area contributed by atoms with Crippen LogP contribution in [0.1, 0.15) is 22.9 Å². The van der Waals surface area contributed by atoms with Crippen LogP contribution in [0.2, 0.25) is 0 Å². The predicted octanol–water partition coefficient (Wildman–Crippen LogP) is 2.95. The van der Waals surface area contributed by atoms with Crippen molar-refractivity contribution in [2.24, 2.45) is 0 Å². The zero-order valence-electron chi connectivity index (χ0n) is 10.6. The van der Waals surface area contributed by atoms with Crippen LogP contribution in [0, 0.1) is 12.7 Å². The first kappa shape index (κ1) is 12.1. The number of fused-ring (bicyclic) bond motifs is 2. The number of aromatic nitrogens is 1. The Bertz CT molecular complexity index is 628. The first-order valence-electron chi connectivity index (χ1n) is 6.22. The minimum absolute atomic E-state index is 0.0606. The molecular weight excluding hydrogens is 245 g/mol. The van der Waals surface area contributed by atoms with Gasteiger partial charge in [0.1, 0.15) is 17.3 Å². The third-order valence-electron chi connectivity index (χ3n) is 3.36. The number of aliphatic hydroxyl groups is 1. The molecule has 0 bridgehead atoms. The molecule has 98 valence electrons. The zero-order valence-corrected chi connectivity index (χ0v) is 10.6. The summed E-state index contributed by atoms with van der Waals surface area (Å²) >= 11 is 0. The van der Waals surface area contributed by atoms with E-state index < -0.39 is 0 Å². The van der Waals surface area contributed by atoms with Crippen molar-refractivity contribution in [3.05, 3.63) is 53.1 Å². The van der Waals surface area contributed by atoms with Gasteiger partial charge in [0.2, 0.25) is 0 Å². The van der Waals surface area contributed by atoms with Crippen LogP contribution < -0.4 is 4.74 Å². The van der Waals surface area contributed by atoms with E-state index in [0.717, 1.165) is 11.4 Å². The van der Waals surface area contributed by atoms with Gasteiger partial charge >= 0.3 is 0 Å². The molecule has 0 saturated heterocycles. The van der Waals surface area contributed by atoms with Gasteiger partial charge in [-0.3, -0.25) is 4.98 Å². The molecule has 0 radical (unpaired) electrons. The van der Waals surface area contributed by atoms with Crippen LogP contribution in [0.5, 0.6) is 11.5 Å². The number of aliphatic hydroxyl groups excluding tert-OH is 1. The van der Waals surface area contributed by atoms with E-state index in [0.29, 0.717) is 23.5 Å². The predicted molar refractivity (Wildman–Crippen MR) is 69.0 cm³/mol. The summed E-state index contributed by atoms with van der Waals surface area (Å²) in [7, 11) is 0. The van der Waals surface area contributed by atoms with Gasteiger partial charge < -0.3 is 9.84 Å².